The van der Waals surface area contributed by atoms with Crippen molar-refractivity contribution in [1.29, 1.82) is 0 Å². The average molecular weight is 249 g/mol. The number of nitrogens with zero attached hydrogens (tertiary/aromatic N) is 1. The normalized spacial score (nSPS) is 10.8. The number of ether oxygens (including phenoxy) is 2. The van der Waals surface area contributed by atoms with Gasteiger partial charge in [0.1, 0.15) is 0 Å². The Labute approximate surface area is 107 Å². The fourth-order valence-corrected chi connectivity index (χ4v) is 2.04. The van der Waals surface area contributed by atoms with Crippen molar-refractivity contribution in [2.24, 2.45) is 0 Å². The lowest BCUT2D eigenvalue weighted by atomic mass is 10.2. The van der Waals surface area contributed by atoms with Crippen molar-refractivity contribution in [3.05, 3.63) is 24.4 Å². The Kier molecular flexibility index (Phi) is 4.10. The second-order valence-electron chi connectivity index (χ2n) is 3.96. The van der Waals surface area contributed by atoms with Crippen LogP contribution in [0.25, 0.3) is 10.9 Å². The zero-order valence-electron chi connectivity index (χ0n) is 10.8. The Morgan fingerprint density at radius 3 is 2.39 bits per heavy atom. The van der Waals surface area contributed by atoms with Crippen LogP contribution in [0.15, 0.2) is 24.4 Å². The summed E-state index contributed by atoms with van der Waals surface area (Å²) in [5.41, 5.74) is 1.05. The molecule has 0 amide bonds. The number of aliphatic hydroxyl groups is 1. The summed E-state index contributed by atoms with van der Waals surface area (Å²) in [7, 11) is 0. The Bertz CT molecular complexity index is 519. The standard InChI is InChI=1S/C14H19NO3/c1-3-17-13-9-11-5-6-15(7-8-16)12(11)10-14(13)18-4-2/h5-6,9-10,16H,3-4,7-8H2,1-2H3. The van der Waals surface area contributed by atoms with Crippen molar-refractivity contribution < 1.29 is 14.6 Å². The van der Waals surface area contributed by atoms with Crippen LogP contribution in [0.4, 0.5) is 0 Å². The van der Waals surface area contributed by atoms with Gasteiger partial charge in [-0.2, -0.15) is 0 Å². The van der Waals surface area contributed by atoms with Crippen molar-refractivity contribution in [1.82, 2.24) is 4.57 Å². The summed E-state index contributed by atoms with van der Waals surface area (Å²) in [6, 6.07) is 5.97. The zero-order chi connectivity index (χ0) is 13.0. The summed E-state index contributed by atoms with van der Waals surface area (Å²) in [5.74, 6) is 1.53. The maximum Gasteiger partial charge on any atom is 0.163 e. The summed E-state index contributed by atoms with van der Waals surface area (Å²) in [4.78, 5) is 0. The third kappa shape index (κ3) is 2.43. The minimum atomic E-state index is 0.126. The molecule has 0 atom stereocenters. The van der Waals surface area contributed by atoms with Crippen LogP contribution in [0.3, 0.4) is 0 Å². The molecule has 0 aliphatic rings. The minimum Gasteiger partial charge on any atom is -0.490 e. The van der Waals surface area contributed by atoms with Crippen LogP contribution in [0.5, 0.6) is 11.5 Å². The summed E-state index contributed by atoms with van der Waals surface area (Å²) in [5, 5.41) is 10.1. The van der Waals surface area contributed by atoms with Crippen LogP contribution in [0.2, 0.25) is 0 Å². The Balaban J connectivity index is 2.48. The van der Waals surface area contributed by atoms with Gasteiger partial charge >= 0.3 is 0 Å². The molecule has 0 bridgehead atoms. The van der Waals surface area contributed by atoms with Gasteiger partial charge < -0.3 is 19.1 Å². The molecule has 0 unspecified atom stereocenters. The molecule has 0 fully saturated rings. The van der Waals surface area contributed by atoms with E-state index in [1.54, 1.807) is 0 Å². The van der Waals surface area contributed by atoms with Crippen LogP contribution in [0, 0.1) is 0 Å². The molecular weight excluding hydrogens is 230 g/mol. The molecule has 0 aliphatic heterocycles. The van der Waals surface area contributed by atoms with Crippen LogP contribution >= 0.6 is 0 Å². The first kappa shape index (κ1) is 12.8. The first-order valence-corrected chi connectivity index (χ1v) is 6.29. The monoisotopic (exact) mass is 249 g/mol. The topological polar surface area (TPSA) is 43.6 Å². The molecule has 1 heterocycles. The molecule has 0 radical (unpaired) electrons. The summed E-state index contributed by atoms with van der Waals surface area (Å²) in [6.45, 7) is 5.84. The van der Waals surface area contributed by atoms with E-state index in [-0.39, 0.29) is 6.61 Å². The Morgan fingerprint density at radius 1 is 1.11 bits per heavy atom. The quantitative estimate of drug-likeness (QED) is 0.855. The third-order valence-electron chi connectivity index (χ3n) is 2.78. The van der Waals surface area contributed by atoms with Crippen LogP contribution in [-0.4, -0.2) is 29.5 Å². The highest BCUT2D eigenvalue weighted by molar-refractivity contribution is 5.84. The number of rotatable bonds is 6. The number of aliphatic hydroxyl groups excluding tert-OH is 1. The maximum absolute atomic E-state index is 9.03. The smallest absolute Gasteiger partial charge is 0.163 e. The number of aromatic nitrogens is 1. The maximum atomic E-state index is 9.03. The molecule has 2 aromatic rings. The highest BCUT2D eigenvalue weighted by Gasteiger charge is 2.09. The predicted octanol–water partition coefficient (Wildman–Crippen LogP) is 2.43. The summed E-state index contributed by atoms with van der Waals surface area (Å²) >= 11 is 0. The molecule has 0 aliphatic carbocycles. The van der Waals surface area contributed by atoms with Crippen molar-refractivity contribution in [3.63, 3.8) is 0 Å². The first-order chi connectivity index (χ1) is 8.80. The average Bonchev–Trinajstić information content (AvgIpc) is 2.74. The number of hydrogen-bond acceptors (Lipinski definition) is 3. The van der Waals surface area contributed by atoms with Crippen molar-refractivity contribution in [2.45, 2.75) is 20.4 Å². The molecule has 4 heteroatoms. The minimum absolute atomic E-state index is 0.126. The number of fused-ring (bicyclic) bond motifs is 1. The highest BCUT2D eigenvalue weighted by Crippen LogP contribution is 2.33. The van der Waals surface area contributed by atoms with Crippen molar-refractivity contribution in [3.8, 4) is 11.5 Å². The summed E-state index contributed by atoms with van der Waals surface area (Å²) < 4.78 is 13.2. The summed E-state index contributed by atoms with van der Waals surface area (Å²) in [6.07, 6.45) is 1.96. The van der Waals surface area contributed by atoms with Crippen LogP contribution < -0.4 is 9.47 Å². The highest BCUT2D eigenvalue weighted by atomic mass is 16.5. The molecule has 1 N–H and O–H groups in total. The largest absolute Gasteiger partial charge is 0.490 e. The molecular formula is C14H19NO3. The van der Waals surface area contributed by atoms with Gasteiger partial charge in [0.25, 0.3) is 0 Å². The third-order valence-corrected chi connectivity index (χ3v) is 2.78. The van der Waals surface area contributed by atoms with Gasteiger partial charge in [0.05, 0.1) is 25.3 Å². The van der Waals surface area contributed by atoms with Gasteiger partial charge in [-0.1, -0.05) is 0 Å². The Hall–Kier alpha value is -1.68. The number of benzene rings is 1. The molecule has 0 saturated heterocycles. The lowest BCUT2D eigenvalue weighted by Crippen LogP contribution is -2.01. The van der Waals surface area contributed by atoms with E-state index >= 15 is 0 Å². The lowest BCUT2D eigenvalue weighted by Gasteiger charge is -2.12. The second-order valence-corrected chi connectivity index (χ2v) is 3.96. The van der Waals surface area contributed by atoms with E-state index in [1.807, 2.05) is 42.8 Å². The molecule has 98 valence electrons. The Morgan fingerprint density at radius 2 is 1.78 bits per heavy atom. The van der Waals surface area contributed by atoms with E-state index in [2.05, 4.69) is 0 Å². The van der Waals surface area contributed by atoms with E-state index in [4.69, 9.17) is 14.6 Å². The van der Waals surface area contributed by atoms with Gasteiger partial charge in [-0.15, -0.1) is 0 Å². The van der Waals surface area contributed by atoms with Gasteiger partial charge in [0.15, 0.2) is 11.5 Å². The molecule has 4 nitrogen and oxygen atoms in total. The van der Waals surface area contributed by atoms with Crippen molar-refractivity contribution in [2.75, 3.05) is 19.8 Å². The second kappa shape index (κ2) is 5.78. The number of hydrogen-bond donors (Lipinski definition) is 1. The van der Waals surface area contributed by atoms with Crippen LogP contribution in [0.1, 0.15) is 13.8 Å². The predicted molar refractivity (Wildman–Crippen MR) is 71.4 cm³/mol. The van der Waals surface area contributed by atoms with E-state index in [9.17, 15) is 0 Å². The van der Waals surface area contributed by atoms with E-state index in [0.29, 0.717) is 19.8 Å². The first-order valence-electron chi connectivity index (χ1n) is 6.29. The molecule has 18 heavy (non-hydrogen) atoms. The molecule has 2 rings (SSSR count). The van der Waals surface area contributed by atoms with E-state index in [1.165, 1.54) is 0 Å². The molecule has 1 aromatic heterocycles. The zero-order valence-corrected chi connectivity index (χ0v) is 10.8. The fraction of sp³-hybridized carbons (Fsp3) is 0.429. The fourth-order valence-electron chi connectivity index (χ4n) is 2.04. The van der Waals surface area contributed by atoms with Crippen molar-refractivity contribution >= 4 is 10.9 Å². The van der Waals surface area contributed by atoms with E-state index in [0.717, 1.165) is 22.4 Å². The van der Waals surface area contributed by atoms with Gasteiger partial charge in [0, 0.05) is 24.2 Å². The molecule has 0 saturated carbocycles. The van der Waals surface area contributed by atoms with Crippen LogP contribution in [-0.2, 0) is 6.54 Å². The van der Waals surface area contributed by atoms with E-state index < -0.39 is 0 Å². The lowest BCUT2D eigenvalue weighted by molar-refractivity contribution is 0.277. The molecule has 0 spiro atoms. The van der Waals surface area contributed by atoms with Gasteiger partial charge in [-0.25, -0.2) is 0 Å². The van der Waals surface area contributed by atoms with Gasteiger partial charge in [-0.05, 0) is 26.0 Å². The molecule has 1 aromatic carbocycles. The van der Waals surface area contributed by atoms with Gasteiger partial charge in [0.2, 0.25) is 0 Å². The van der Waals surface area contributed by atoms with Gasteiger partial charge in [-0.3, -0.25) is 0 Å². The SMILES string of the molecule is CCOc1cc2ccn(CCO)c2cc1OCC.